The molecule has 4 N–H and O–H groups in total. The van der Waals surface area contributed by atoms with Gasteiger partial charge in [-0.15, -0.1) is 0 Å². The van der Waals surface area contributed by atoms with Crippen LogP contribution in [0.25, 0.3) is 0 Å². The molecule has 2 rings (SSSR count). The minimum absolute atomic E-state index is 0.288. The van der Waals surface area contributed by atoms with Gasteiger partial charge in [0.1, 0.15) is 0 Å². The SMILES string of the molecule is NC(=O)Cc1ccccc1NCC1CCCNC1. The number of benzene rings is 1. The van der Waals surface area contributed by atoms with Crippen molar-refractivity contribution in [2.75, 3.05) is 25.0 Å². The number of carbonyl (C=O) groups is 1. The molecule has 4 nitrogen and oxygen atoms in total. The maximum Gasteiger partial charge on any atom is 0.221 e. The smallest absolute Gasteiger partial charge is 0.221 e. The van der Waals surface area contributed by atoms with Crippen molar-refractivity contribution >= 4 is 11.6 Å². The summed E-state index contributed by atoms with van der Waals surface area (Å²) in [4.78, 5) is 11.0. The number of nitrogens with two attached hydrogens (primary N) is 1. The Morgan fingerprint density at radius 1 is 1.44 bits per heavy atom. The highest BCUT2D eigenvalue weighted by molar-refractivity contribution is 5.78. The number of amides is 1. The first-order valence-electron chi connectivity index (χ1n) is 6.56. The minimum atomic E-state index is -0.288. The quantitative estimate of drug-likeness (QED) is 0.730. The zero-order valence-corrected chi connectivity index (χ0v) is 10.6. The summed E-state index contributed by atoms with van der Waals surface area (Å²) in [7, 11) is 0. The van der Waals surface area contributed by atoms with Crippen molar-refractivity contribution in [2.45, 2.75) is 19.3 Å². The number of carbonyl (C=O) groups excluding carboxylic acids is 1. The number of hydrogen-bond donors (Lipinski definition) is 3. The molecule has 0 aliphatic carbocycles. The normalized spacial score (nSPS) is 19.4. The first-order valence-corrected chi connectivity index (χ1v) is 6.56. The van der Waals surface area contributed by atoms with Crippen LogP contribution in [0.15, 0.2) is 24.3 Å². The van der Waals surface area contributed by atoms with E-state index in [4.69, 9.17) is 5.73 Å². The lowest BCUT2D eigenvalue weighted by Crippen LogP contribution is -2.33. The Morgan fingerprint density at radius 3 is 3.00 bits per heavy atom. The second-order valence-corrected chi connectivity index (χ2v) is 4.89. The summed E-state index contributed by atoms with van der Waals surface area (Å²) >= 11 is 0. The molecule has 18 heavy (non-hydrogen) atoms. The van der Waals surface area contributed by atoms with E-state index in [0.29, 0.717) is 12.3 Å². The van der Waals surface area contributed by atoms with E-state index in [-0.39, 0.29) is 5.91 Å². The standard InChI is InChI=1S/C14H21N3O/c15-14(18)8-12-5-1-2-6-13(12)17-10-11-4-3-7-16-9-11/h1-2,5-6,11,16-17H,3-4,7-10H2,(H2,15,18). The Labute approximate surface area is 108 Å². The maximum absolute atomic E-state index is 11.0. The van der Waals surface area contributed by atoms with Gasteiger partial charge in [0.25, 0.3) is 0 Å². The van der Waals surface area contributed by atoms with Crippen LogP contribution < -0.4 is 16.4 Å². The number of rotatable bonds is 5. The van der Waals surface area contributed by atoms with E-state index in [9.17, 15) is 4.79 Å². The topological polar surface area (TPSA) is 67.2 Å². The first-order chi connectivity index (χ1) is 8.75. The molecule has 1 aromatic carbocycles. The number of anilines is 1. The van der Waals surface area contributed by atoms with Crippen LogP contribution in [0.1, 0.15) is 18.4 Å². The van der Waals surface area contributed by atoms with Crippen LogP contribution in [0.5, 0.6) is 0 Å². The Morgan fingerprint density at radius 2 is 2.28 bits per heavy atom. The third kappa shape index (κ3) is 3.74. The fourth-order valence-corrected chi connectivity index (χ4v) is 2.39. The molecule has 98 valence electrons. The number of hydrogen-bond acceptors (Lipinski definition) is 3. The average Bonchev–Trinajstić information content (AvgIpc) is 2.38. The molecule has 0 saturated carbocycles. The molecule has 1 aliphatic rings. The lowest BCUT2D eigenvalue weighted by atomic mass is 9.99. The fraction of sp³-hybridized carbons (Fsp3) is 0.500. The van der Waals surface area contributed by atoms with Crippen molar-refractivity contribution in [2.24, 2.45) is 11.7 Å². The van der Waals surface area contributed by atoms with Crippen molar-refractivity contribution in [1.82, 2.24) is 5.32 Å². The second-order valence-electron chi connectivity index (χ2n) is 4.89. The van der Waals surface area contributed by atoms with Gasteiger partial charge in [0.2, 0.25) is 5.91 Å². The predicted octanol–water partition coefficient (Wildman–Crippen LogP) is 1.13. The van der Waals surface area contributed by atoms with Gasteiger partial charge in [-0.25, -0.2) is 0 Å². The van der Waals surface area contributed by atoms with E-state index >= 15 is 0 Å². The molecular formula is C14H21N3O. The predicted molar refractivity (Wildman–Crippen MR) is 73.4 cm³/mol. The van der Waals surface area contributed by atoms with E-state index in [0.717, 1.165) is 30.9 Å². The van der Waals surface area contributed by atoms with Crippen molar-refractivity contribution in [3.05, 3.63) is 29.8 Å². The molecule has 1 unspecified atom stereocenters. The van der Waals surface area contributed by atoms with Crippen molar-refractivity contribution in [1.29, 1.82) is 0 Å². The molecule has 1 amide bonds. The number of primary amides is 1. The fourth-order valence-electron chi connectivity index (χ4n) is 2.39. The van der Waals surface area contributed by atoms with Gasteiger partial charge in [-0.2, -0.15) is 0 Å². The summed E-state index contributed by atoms with van der Waals surface area (Å²) in [6.45, 7) is 3.16. The number of piperidine rings is 1. The summed E-state index contributed by atoms with van der Waals surface area (Å²) in [6.07, 6.45) is 2.80. The van der Waals surface area contributed by atoms with E-state index in [1.165, 1.54) is 12.8 Å². The third-order valence-electron chi connectivity index (χ3n) is 3.36. The molecule has 4 heteroatoms. The molecule has 0 aromatic heterocycles. The highest BCUT2D eigenvalue weighted by Crippen LogP contribution is 2.17. The molecule has 1 aromatic rings. The van der Waals surface area contributed by atoms with E-state index in [1.807, 2.05) is 24.3 Å². The molecule has 0 bridgehead atoms. The second kappa shape index (κ2) is 6.40. The van der Waals surface area contributed by atoms with E-state index in [1.54, 1.807) is 0 Å². The average molecular weight is 247 g/mol. The molecule has 1 fully saturated rings. The van der Waals surface area contributed by atoms with Gasteiger partial charge in [-0.3, -0.25) is 4.79 Å². The van der Waals surface area contributed by atoms with Gasteiger partial charge in [0, 0.05) is 12.2 Å². The summed E-state index contributed by atoms with van der Waals surface area (Å²) in [5.74, 6) is 0.379. The van der Waals surface area contributed by atoms with Crippen molar-refractivity contribution in [3.8, 4) is 0 Å². The molecule has 0 radical (unpaired) electrons. The Hall–Kier alpha value is -1.55. The largest absolute Gasteiger partial charge is 0.384 e. The van der Waals surface area contributed by atoms with Crippen LogP contribution in [0.2, 0.25) is 0 Å². The first kappa shape index (κ1) is 12.9. The van der Waals surface area contributed by atoms with Gasteiger partial charge in [0.15, 0.2) is 0 Å². The molecule has 1 aliphatic heterocycles. The molecule has 0 spiro atoms. The van der Waals surface area contributed by atoms with E-state index in [2.05, 4.69) is 10.6 Å². The van der Waals surface area contributed by atoms with Gasteiger partial charge < -0.3 is 16.4 Å². The van der Waals surface area contributed by atoms with Gasteiger partial charge in [0.05, 0.1) is 6.42 Å². The van der Waals surface area contributed by atoms with Crippen LogP contribution >= 0.6 is 0 Å². The van der Waals surface area contributed by atoms with Gasteiger partial charge >= 0.3 is 0 Å². The molecule has 1 heterocycles. The Kier molecular flexibility index (Phi) is 4.59. The van der Waals surface area contributed by atoms with Gasteiger partial charge in [-0.05, 0) is 43.5 Å². The molecule has 1 saturated heterocycles. The third-order valence-corrected chi connectivity index (χ3v) is 3.36. The summed E-state index contributed by atoms with van der Waals surface area (Å²) in [5.41, 5.74) is 7.27. The molecular weight excluding hydrogens is 226 g/mol. The van der Waals surface area contributed by atoms with Crippen LogP contribution in [-0.2, 0) is 11.2 Å². The Bertz CT molecular complexity index is 400. The summed E-state index contributed by atoms with van der Waals surface area (Å²) < 4.78 is 0. The minimum Gasteiger partial charge on any atom is -0.384 e. The zero-order chi connectivity index (χ0) is 12.8. The van der Waals surface area contributed by atoms with Gasteiger partial charge in [-0.1, -0.05) is 18.2 Å². The number of para-hydroxylation sites is 1. The molecule has 1 atom stereocenters. The van der Waals surface area contributed by atoms with E-state index < -0.39 is 0 Å². The highest BCUT2D eigenvalue weighted by atomic mass is 16.1. The van der Waals surface area contributed by atoms with Crippen LogP contribution in [0.4, 0.5) is 5.69 Å². The number of nitrogens with one attached hydrogen (secondary N) is 2. The zero-order valence-electron chi connectivity index (χ0n) is 10.6. The van der Waals surface area contributed by atoms with Crippen LogP contribution in [0.3, 0.4) is 0 Å². The lowest BCUT2D eigenvalue weighted by molar-refractivity contribution is -0.117. The highest BCUT2D eigenvalue weighted by Gasteiger charge is 2.13. The summed E-state index contributed by atoms with van der Waals surface area (Å²) in [6, 6.07) is 7.87. The van der Waals surface area contributed by atoms with Crippen LogP contribution in [0, 0.1) is 5.92 Å². The Balaban J connectivity index is 1.93. The van der Waals surface area contributed by atoms with Crippen LogP contribution in [-0.4, -0.2) is 25.5 Å². The monoisotopic (exact) mass is 247 g/mol. The summed E-state index contributed by atoms with van der Waals surface area (Å²) in [5, 5.41) is 6.84. The van der Waals surface area contributed by atoms with Crippen molar-refractivity contribution in [3.63, 3.8) is 0 Å². The maximum atomic E-state index is 11.0. The lowest BCUT2D eigenvalue weighted by Gasteiger charge is -2.24. The van der Waals surface area contributed by atoms with Crippen molar-refractivity contribution < 1.29 is 4.79 Å².